The van der Waals surface area contributed by atoms with E-state index >= 15 is 0 Å². The first kappa shape index (κ1) is 21.2. The highest BCUT2D eigenvalue weighted by Gasteiger charge is 2.40. The van der Waals surface area contributed by atoms with E-state index in [2.05, 4.69) is 10.4 Å². The van der Waals surface area contributed by atoms with Gasteiger partial charge in [-0.15, -0.1) is 0 Å². The van der Waals surface area contributed by atoms with Crippen molar-refractivity contribution in [2.24, 2.45) is 0 Å². The van der Waals surface area contributed by atoms with E-state index in [-0.39, 0.29) is 11.4 Å². The fraction of sp³-hybridized carbons (Fsp3) is 0.200. The molecule has 0 spiro atoms. The third-order valence-corrected chi connectivity index (χ3v) is 4.33. The van der Waals surface area contributed by atoms with Crippen LogP contribution in [0.5, 0.6) is 11.5 Å². The second-order valence-electron chi connectivity index (χ2n) is 6.27. The molecule has 0 aliphatic carbocycles. The van der Waals surface area contributed by atoms with Crippen molar-refractivity contribution in [1.29, 1.82) is 0 Å². The van der Waals surface area contributed by atoms with Gasteiger partial charge in [0.2, 0.25) is 0 Å². The van der Waals surface area contributed by atoms with Gasteiger partial charge < -0.3 is 14.8 Å². The lowest BCUT2D eigenvalue weighted by atomic mass is 10.1. The van der Waals surface area contributed by atoms with Crippen molar-refractivity contribution in [3.05, 3.63) is 65.2 Å². The van der Waals surface area contributed by atoms with Crippen molar-refractivity contribution in [1.82, 2.24) is 9.78 Å². The highest BCUT2D eigenvalue weighted by molar-refractivity contribution is 6.05. The van der Waals surface area contributed by atoms with Gasteiger partial charge in [0.25, 0.3) is 5.91 Å². The molecular weight excluding hydrogens is 406 g/mol. The van der Waals surface area contributed by atoms with Crippen LogP contribution >= 0.6 is 0 Å². The summed E-state index contributed by atoms with van der Waals surface area (Å²) in [4.78, 5) is 12.7. The average Bonchev–Trinajstić information content (AvgIpc) is 3.15. The van der Waals surface area contributed by atoms with Crippen molar-refractivity contribution >= 4 is 11.6 Å². The monoisotopic (exact) mass is 423 g/mol. The molecule has 6 nitrogen and oxygen atoms in total. The largest absolute Gasteiger partial charge is 0.493 e. The van der Waals surface area contributed by atoms with Gasteiger partial charge in [-0.3, -0.25) is 4.79 Å². The van der Waals surface area contributed by atoms with Gasteiger partial charge in [-0.2, -0.15) is 18.3 Å². The number of carbonyl (C=O) groups excluding carboxylic acids is 1. The van der Waals surface area contributed by atoms with Gasteiger partial charge in [-0.25, -0.2) is 9.07 Å². The molecule has 0 bridgehead atoms. The number of nitrogens with zero attached hydrogens (tertiary/aromatic N) is 2. The fourth-order valence-electron chi connectivity index (χ4n) is 2.87. The third kappa shape index (κ3) is 4.07. The molecule has 1 aromatic heterocycles. The maximum Gasteiger partial charge on any atom is 0.434 e. The van der Waals surface area contributed by atoms with Crippen LogP contribution in [-0.2, 0) is 6.18 Å². The molecular formula is C20H17F4N3O3. The minimum Gasteiger partial charge on any atom is -0.493 e. The Hall–Kier alpha value is -3.56. The lowest BCUT2D eigenvalue weighted by Crippen LogP contribution is -2.21. The highest BCUT2D eigenvalue weighted by Crippen LogP contribution is 2.36. The molecule has 2 aromatic carbocycles. The van der Waals surface area contributed by atoms with Gasteiger partial charge in [0.05, 0.1) is 31.7 Å². The van der Waals surface area contributed by atoms with Gasteiger partial charge in [0.15, 0.2) is 17.2 Å². The summed E-state index contributed by atoms with van der Waals surface area (Å²) in [5.74, 6) is -0.906. The smallest absolute Gasteiger partial charge is 0.434 e. The number of methoxy groups -OCH3 is 2. The summed E-state index contributed by atoms with van der Waals surface area (Å²) in [6.07, 6.45) is -4.07. The molecule has 3 aromatic rings. The molecule has 0 aliphatic rings. The molecule has 0 saturated heterocycles. The number of ether oxygens (including phenoxy) is 2. The molecule has 1 amide bonds. The van der Waals surface area contributed by atoms with Crippen LogP contribution in [0.3, 0.4) is 0 Å². The van der Waals surface area contributed by atoms with Crippen LogP contribution in [0, 0.1) is 12.7 Å². The van der Waals surface area contributed by atoms with E-state index in [4.69, 9.17) is 9.47 Å². The first-order valence-electron chi connectivity index (χ1n) is 8.60. The Morgan fingerprint density at radius 1 is 1.07 bits per heavy atom. The van der Waals surface area contributed by atoms with Crippen molar-refractivity contribution in [2.45, 2.75) is 13.1 Å². The number of carbonyl (C=O) groups is 1. The van der Waals surface area contributed by atoms with E-state index in [1.54, 1.807) is 13.0 Å². The fourth-order valence-corrected chi connectivity index (χ4v) is 2.87. The molecule has 1 heterocycles. The molecule has 0 aliphatic heterocycles. The zero-order valence-electron chi connectivity index (χ0n) is 16.2. The zero-order chi connectivity index (χ0) is 22.1. The van der Waals surface area contributed by atoms with Gasteiger partial charge in [-0.1, -0.05) is 0 Å². The van der Waals surface area contributed by atoms with Crippen molar-refractivity contribution in [2.75, 3.05) is 19.5 Å². The molecule has 10 heteroatoms. The Morgan fingerprint density at radius 3 is 2.23 bits per heavy atom. The maximum atomic E-state index is 13.8. The third-order valence-electron chi connectivity index (χ3n) is 4.33. The van der Waals surface area contributed by atoms with Gasteiger partial charge in [0.1, 0.15) is 5.82 Å². The second-order valence-corrected chi connectivity index (χ2v) is 6.27. The number of nitrogens with one attached hydrogen (secondary N) is 1. The number of aromatic nitrogens is 2. The van der Waals surface area contributed by atoms with Gasteiger partial charge in [0, 0.05) is 11.8 Å². The molecule has 1 N–H and O–H groups in total. The van der Waals surface area contributed by atoms with Crippen LogP contribution in [-0.4, -0.2) is 29.9 Å². The van der Waals surface area contributed by atoms with Crippen LogP contribution in [0.25, 0.3) is 5.69 Å². The normalized spacial score (nSPS) is 11.3. The minimum atomic E-state index is -4.88. The number of amides is 1. The molecule has 0 atom stereocenters. The molecule has 0 saturated carbocycles. The standard InChI is InChI=1S/C20H17F4N3O3/c1-11-8-16(29-2)17(30-3)9-15(11)26-19(28)14-10-25-27(18(14)20(22,23)24)13-6-4-12(21)5-7-13/h4-10H,1-3H3,(H,26,28). The maximum absolute atomic E-state index is 13.8. The number of alkyl halides is 3. The van der Waals surface area contributed by atoms with Gasteiger partial charge in [-0.05, 0) is 42.8 Å². The number of rotatable bonds is 5. The van der Waals surface area contributed by atoms with Crippen LogP contribution in [0.15, 0.2) is 42.6 Å². The predicted octanol–water partition coefficient (Wildman–Crippen LogP) is 4.61. The molecule has 0 radical (unpaired) electrons. The Morgan fingerprint density at radius 2 is 1.67 bits per heavy atom. The molecule has 0 unspecified atom stereocenters. The van der Waals surface area contributed by atoms with Crippen LogP contribution in [0.2, 0.25) is 0 Å². The Balaban J connectivity index is 2.02. The first-order chi connectivity index (χ1) is 14.2. The first-order valence-corrected chi connectivity index (χ1v) is 8.60. The van der Waals surface area contributed by atoms with E-state index in [0.29, 0.717) is 21.7 Å². The van der Waals surface area contributed by atoms with Crippen LogP contribution < -0.4 is 14.8 Å². The summed E-state index contributed by atoms with van der Waals surface area (Å²) in [5, 5.41) is 6.15. The summed E-state index contributed by atoms with van der Waals surface area (Å²) < 4.78 is 65.3. The molecule has 0 fully saturated rings. The Bertz CT molecular complexity index is 1080. The number of anilines is 1. The number of aryl methyl sites for hydroxylation is 1. The van der Waals surface area contributed by atoms with Crippen molar-refractivity contribution < 1.29 is 31.8 Å². The topological polar surface area (TPSA) is 65.4 Å². The Labute approximate surface area is 169 Å². The Kier molecular flexibility index (Phi) is 5.68. The van der Waals surface area contributed by atoms with E-state index in [1.807, 2.05) is 0 Å². The minimum absolute atomic E-state index is 0.0370. The summed E-state index contributed by atoms with van der Waals surface area (Å²) >= 11 is 0. The highest BCUT2D eigenvalue weighted by atomic mass is 19.4. The summed E-state index contributed by atoms with van der Waals surface area (Å²) in [6, 6.07) is 7.31. The van der Waals surface area contributed by atoms with Crippen LogP contribution in [0.4, 0.5) is 23.2 Å². The number of hydrogen-bond donors (Lipinski definition) is 1. The van der Waals surface area contributed by atoms with Crippen LogP contribution in [0.1, 0.15) is 21.6 Å². The van der Waals surface area contributed by atoms with E-state index in [9.17, 15) is 22.4 Å². The SMILES string of the molecule is COc1cc(C)c(NC(=O)c2cnn(-c3ccc(F)cc3)c2C(F)(F)F)cc1OC. The van der Waals surface area contributed by atoms with Crippen molar-refractivity contribution in [3.63, 3.8) is 0 Å². The van der Waals surface area contributed by atoms with Gasteiger partial charge >= 0.3 is 6.18 Å². The quantitative estimate of drug-likeness (QED) is 0.609. The van der Waals surface area contributed by atoms with E-state index in [1.165, 1.54) is 20.3 Å². The average molecular weight is 423 g/mol. The lowest BCUT2D eigenvalue weighted by molar-refractivity contribution is -0.143. The second kappa shape index (κ2) is 8.05. The summed E-state index contributed by atoms with van der Waals surface area (Å²) in [6.45, 7) is 1.66. The molecule has 30 heavy (non-hydrogen) atoms. The van der Waals surface area contributed by atoms with E-state index in [0.717, 1.165) is 30.5 Å². The summed E-state index contributed by atoms with van der Waals surface area (Å²) in [5.41, 5.74) is -1.18. The molecule has 158 valence electrons. The van der Waals surface area contributed by atoms with Crippen molar-refractivity contribution in [3.8, 4) is 17.2 Å². The van der Waals surface area contributed by atoms with E-state index < -0.39 is 29.2 Å². The number of halogens is 4. The number of hydrogen-bond acceptors (Lipinski definition) is 4. The predicted molar refractivity (Wildman–Crippen MR) is 101 cm³/mol. The lowest BCUT2D eigenvalue weighted by Gasteiger charge is -2.15. The summed E-state index contributed by atoms with van der Waals surface area (Å²) in [7, 11) is 2.84. The zero-order valence-corrected chi connectivity index (χ0v) is 16.2. The molecule has 3 rings (SSSR count). The number of benzene rings is 2.